The molecule has 2 N–H and O–H groups in total. The Morgan fingerprint density at radius 1 is 0.889 bits per heavy atom. The van der Waals surface area contributed by atoms with E-state index in [1.54, 1.807) is 30.3 Å². The highest BCUT2D eigenvalue weighted by Crippen LogP contribution is 2.15. The van der Waals surface area contributed by atoms with Crippen molar-refractivity contribution in [1.29, 1.82) is 0 Å². The van der Waals surface area contributed by atoms with Gasteiger partial charge in [-0.3, -0.25) is 4.79 Å². The first kappa shape index (κ1) is 20.8. The van der Waals surface area contributed by atoms with E-state index in [2.05, 4.69) is 6.92 Å². The number of nitrogens with two attached hydrogens (primary N) is 1. The molecule has 27 heavy (non-hydrogen) atoms. The van der Waals surface area contributed by atoms with Gasteiger partial charge in [0.05, 0.1) is 6.61 Å². The lowest BCUT2D eigenvalue weighted by Crippen LogP contribution is -1.97. The monoisotopic (exact) mass is 365 g/mol. The van der Waals surface area contributed by atoms with E-state index in [-0.39, 0.29) is 5.78 Å². The Morgan fingerprint density at radius 2 is 1.52 bits per heavy atom. The molecule has 0 heterocycles. The number of rotatable bonds is 12. The Kier molecular flexibility index (Phi) is 9.19. The van der Waals surface area contributed by atoms with E-state index >= 15 is 0 Å². The third kappa shape index (κ3) is 8.12. The quantitative estimate of drug-likeness (QED) is 0.208. The minimum absolute atomic E-state index is 0.0331. The summed E-state index contributed by atoms with van der Waals surface area (Å²) in [6.07, 6.45) is 12.4. The molecule has 0 aliphatic heterocycles. The maximum atomic E-state index is 12.1. The molecule has 0 aliphatic carbocycles. The van der Waals surface area contributed by atoms with Gasteiger partial charge in [-0.15, -0.1) is 0 Å². The van der Waals surface area contributed by atoms with Gasteiger partial charge >= 0.3 is 0 Å². The van der Waals surface area contributed by atoms with Crippen molar-refractivity contribution >= 4 is 17.5 Å². The van der Waals surface area contributed by atoms with Gasteiger partial charge in [-0.05, 0) is 54.5 Å². The number of hydrogen-bond donors (Lipinski definition) is 1. The van der Waals surface area contributed by atoms with Crippen LogP contribution in [0, 0.1) is 0 Å². The summed E-state index contributed by atoms with van der Waals surface area (Å²) in [5.74, 6) is 0.845. The smallest absolute Gasteiger partial charge is 0.185 e. The zero-order valence-electron chi connectivity index (χ0n) is 16.3. The zero-order chi connectivity index (χ0) is 19.3. The van der Waals surface area contributed by atoms with Crippen LogP contribution in [0.2, 0.25) is 0 Å². The van der Waals surface area contributed by atoms with Gasteiger partial charge in [0.2, 0.25) is 0 Å². The van der Waals surface area contributed by atoms with Crippen molar-refractivity contribution in [3.05, 3.63) is 65.7 Å². The molecular formula is C24H31NO2. The van der Waals surface area contributed by atoms with Crippen molar-refractivity contribution in [1.82, 2.24) is 0 Å². The number of ether oxygens (including phenoxy) is 1. The molecule has 3 heteroatoms. The Balaban J connectivity index is 1.70. The lowest BCUT2D eigenvalue weighted by atomic mass is 10.1. The van der Waals surface area contributed by atoms with Crippen LogP contribution in [0.3, 0.4) is 0 Å². The third-order valence-electron chi connectivity index (χ3n) is 4.52. The molecule has 0 aromatic heterocycles. The van der Waals surface area contributed by atoms with E-state index in [1.165, 1.54) is 38.5 Å². The van der Waals surface area contributed by atoms with Crippen molar-refractivity contribution in [2.45, 2.75) is 51.9 Å². The molecule has 2 aromatic carbocycles. The van der Waals surface area contributed by atoms with Crippen molar-refractivity contribution in [2.24, 2.45) is 0 Å². The van der Waals surface area contributed by atoms with Gasteiger partial charge in [-0.1, -0.05) is 63.7 Å². The summed E-state index contributed by atoms with van der Waals surface area (Å²) in [5.41, 5.74) is 7.90. The van der Waals surface area contributed by atoms with Gasteiger partial charge in [0.1, 0.15) is 5.75 Å². The fraction of sp³-hybridized carbons (Fsp3) is 0.375. The molecule has 3 nitrogen and oxygen atoms in total. The predicted molar refractivity (Wildman–Crippen MR) is 114 cm³/mol. The number of carbonyl (C=O) groups is 1. The van der Waals surface area contributed by atoms with Crippen LogP contribution in [-0.4, -0.2) is 12.4 Å². The van der Waals surface area contributed by atoms with Crippen molar-refractivity contribution in [3.8, 4) is 5.75 Å². The normalized spacial score (nSPS) is 11.0. The van der Waals surface area contributed by atoms with Crippen LogP contribution in [0.5, 0.6) is 5.75 Å². The fourth-order valence-electron chi connectivity index (χ4n) is 2.84. The standard InChI is InChI=1S/C24H31NO2/c1-2-3-4-5-6-7-8-19-27-23-16-9-20(10-17-23)11-18-24(26)21-12-14-22(25)15-13-21/h9-18H,2-8,19,25H2,1H3. The summed E-state index contributed by atoms with van der Waals surface area (Å²) in [4.78, 5) is 12.1. The number of anilines is 1. The van der Waals surface area contributed by atoms with E-state index < -0.39 is 0 Å². The van der Waals surface area contributed by atoms with Crippen molar-refractivity contribution in [3.63, 3.8) is 0 Å². The van der Waals surface area contributed by atoms with Crippen molar-refractivity contribution in [2.75, 3.05) is 12.3 Å². The number of ketones is 1. The van der Waals surface area contributed by atoms with Gasteiger partial charge in [-0.2, -0.15) is 0 Å². The lowest BCUT2D eigenvalue weighted by Gasteiger charge is -2.06. The molecule has 0 unspecified atom stereocenters. The number of benzene rings is 2. The molecule has 144 valence electrons. The van der Waals surface area contributed by atoms with Gasteiger partial charge in [0.15, 0.2) is 5.78 Å². The second-order valence-electron chi connectivity index (χ2n) is 6.86. The number of hydrogen-bond acceptors (Lipinski definition) is 3. The van der Waals surface area contributed by atoms with E-state index in [0.29, 0.717) is 11.3 Å². The molecule has 0 amide bonds. The molecule has 0 fully saturated rings. The Labute approximate surface area is 163 Å². The number of nitrogen functional groups attached to an aromatic ring is 1. The van der Waals surface area contributed by atoms with E-state index in [0.717, 1.165) is 24.3 Å². The highest BCUT2D eigenvalue weighted by atomic mass is 16.5. The molecule has 0 bridgehead atoms. The van der Waals surface area contributed by atoms with Crippen LogP contribution < -0.4 is 10.5 Å². The van der Waals surface area contributed by atoms with Gasteiger partial charge < -0.3 is 10.5 Å². The topological polar surface area (TPSA) is 52.3 Å². The van der Waals surface area contributed by atoms with Crippen molar-refractivity contribution < 1.29 is 9.53 Å². The maximum absolute atomic E-state index is 12.1. The molecule has 0 saturated heterocycles. The Morgan fingerprint density at radius 3 is 2.19 bits per heavy atom. The van der Waals surface area contributed by atoms with Crippen LogP contribution in [0.15, 0.2) is 54.6 Å². The second kappa shape index (κ2) is 11.9. The number of carbonyl (C=O) groups excluding carboxylic acids is 1. The molecule has 2 aromatic rings. The first-order valence-corrected chi connectivity index (χ1v) is 10.00. The lowest BCUT2D eigenvalue weighted by molar-refractivity contribution is 0.104. The largest absolute Gasteiger partial charge is 0.494 e. The number of allylic oxidation sites excluding steroid dienone is 1. The second-order valence-corrected chi connectivity index (χ2v) is 6.86. The summed E-state index contributed by atoms with van der Waals surface area (Å²) >= 11 is 0. The van der Waals surface area contributed by atoms with Crippen LogP contribution in [0.4, 0.5) is 5.69 Å². The molecule has 0 aliphatic rings. The average molecular weight is 366 g/mol. The highest BCUT2D eigenvalue weighted by molar-refractivity contribution is 6.06. The average Bonchev–Trinajstić information content (AvgIpc) is 2.69. The van der Waals surface area contributed by atoms with E-state index in [4.69, 9.17) is 10.5 Å². The molecule has 2 rings (SSSR count). The summed E-state index contributed by atoms with van der Waals surface area (Å²) in [6, 6.07) is 14.8. The van der Waals surface area contributed by atoms with E-state index in [9.17, 15) is 4.79 Å². The molecule has 0 atom stereocenters. The molecular weight excluding hydrogens is 334 g/mol. The summed E-state index contributed by atoms with van der Waals surface area (Å²) in [5, 5.41) is 0. The molecule has 0 saturated carbocycles. The molecule has 0 radical (unpaired) electrons. The fourth-order valence-corrected chi connectivity index (χ4v) is 2.84. The molecule has 0 spiro atoms. The van der Waals surface area contributed by atoms with Gasteiger partial charge in [-0.25, -0.2) is 0 Å². The van der Waals surface area contributed by atoms with E-state index in [1.807, 2.05) is 30.3 Å². The summed E-state index contributed by atoms with van der Waals surface area (Å²) in [6.45, 7) is 3.01. The van der Waals surface area contributed by atoms with Crippen LogP contribution in [0.1, 0.15) is 67.8 Å². The van der Waals surface area contributed by atoms with Crippen LogP contribution in [0.25, 0.3) is 6.08 Å². The highest BCUT2D eigenvalue weighted by Gasteiger charge is 2.01. The summed E-state index contributed by atoms with van der Waals surface area (Å²) in [7, 11) is 0. The van der Waals surface area contributed by atoms with Crippen LogP contribution in [-0.2, 0) is 0 Å². The first-order valence-electron chi connectivity index (χ1n) is 10.00. The minimum Gasteiger partial charge on any atom is -0.494 e. The SMILES string of the molecule is CCCCCCCCCOc1ccc(C=CC(=O)c2ccc(N)cc2)cc1. The summed E-state index contributed by atoms with van der Waals surface area (Å²) < 4.78 is 5.79. The van der Waals surface area contributed by atoms with Gasteiger partial charge in [0, 0.05) is 11.3 Å². The van der Waals surface area contributed by atoms with Crippen LogP contribution >= 0.6 is 0 Å². The minimum atomic E-state index is -0.0331. The Hall–Kier alpha value is -2.55. The Bertz CT molecular complexity index is 702. The first-order chi connectivity index (χ1) is 13.2. The maximum Gasteiger partial charge on any atom is 0.185 e. The van der Waals surface area contributed by atoms with Gasteiger partial charge in [0.25, 0.3) is 0 Å². The zero-order valence-corrected chi connectivity index (χ0v) is 16.3. The predicted octanol–water partition coefficient (Wildman–Crippen LogP) is 6.29. The number of unbranched alkanes of at least 4 members (excludes halogenated alkanes) is 6. The third-order valence-corrected chi connectivity index (χ3v) is 4.52.